The number of hydrogen-bond donors (Lipinski definition) is 1. The van der Waals surface area contributed by atoms with E-state index < -0.39 is 0 Å². The first-order valence-corrected chi connectivity index (χ1v) is 4.48. The van der Waals surface area contributed by atoms with Crippen LogP contribution in [0.5, 0.6) is 0 Å². The van der Waals surface area contributed by atoms with Gasteiger partial charge in [-0.2, -0.15) is 0 Å². The van der Waals surface area contributed by atoms with Gasteiger partial charge in [-0.05, 0) is 24.7 Å². The summed E-state index contributed by atoms with van der Waals surface area (Å²) in [6.45, 7) is 0.891. The summed E-state index contributed by atoms with van der Waals surface area (Å²) in [5.41, 5.74) is 2.35. The summed E-state index contributed by atoms with van der Waals surface area (Å²) >= 11 is 0. The average Bonchev–Trinajstić information content (AvgIpc) is 2.72. The molecule has 0 bridgehead atoms. The van der Waals surface area contributed by atoms with E-state index in [0.29, 0.717) is 0 Å². The van der Waals surface area contributed by atoms with E-state index in [1.54, 1.807) is 12.7 Å². The van der Waals surface area contributed by atoms with Crippen molar-refractivity contribution in [2.24, 2.45) is 0 Å². The van der Waals surface area contributed by atoms with Gasteiger partial charge in [0.2, 0.25) is 0 Å². The minimum absolute atomic E-state index is 0.891. The summed E-state index contributed by atoms with van der Waals surface area (Å²) in [6, 6.07) is 8.28. The highest BCUT2D eigenvalue weighted by molar-refractivity contribution is 5.33. The Morgan fingerprint density at radius 2 is 1.79 bits per heavy atom. The third-order valence-electron chi connectivity index (χ3n) is 2.03. The summed E-state index contributed by atoms with van der Waals surface area (Å²) in [5, 5.41) is 10.6. The maximum absolute atomic E-state index is 3.76. The van der Waals surface area contributed by atoms with E-state index in [1.807, 2.05) is 11.6 Å². The highest BCUT2D eigenvalue weighted by atomic mass is 15.2. The molecule has 1 aromatic carbocycles. The van der Waals surface area contributed by atoms with Gasteiger partial charge in [0.25, 0.3) is 0 Å². The Kier molecular flexibility index (Phi) is 2.55. The van der Waals surface area contributed by atoms with Crippen LogP contribution in [0.25, 0.3) is 5.69 Å². The lowest BCUT2D eigenvalue weighted by molar-refractivity contribution is 0.817. The highest BCUT2D eigenvalue weighted by Crippen LogP contribution is 2.08. The SMILES string of the molecule is CNCc1ccc(-n2cnnc2)cc1. The van der Waals surface area contributed by atoms with E-state index in [0.717, 1.165) is 12.2 Å². The maximum Gasteiger partial charge on any atom is 0.123 e. The molecule has 0 saturated heterocycles. The Balaban J connectivity index is 2.22. The average molecular weight is 188 g/mol. The van der Waals surface area contributed by atoms with Crippen LogP contribution in [-0.2, 0) is 6.54 Å². The molecule has 0 spiro atoms. The van der Waals surface area contributed by atoms with Crippen molar-refractivity contribution in [3.05, 3.63) is 42.5 Å². The van der Waals surface area contributed by atoms with E-state index in [-0.39, 0.29) is 0 Å². The molecule has 0 aliphatic rings. The Bertz CT molecular complexity index is 377. The van der Waals surface area contributed by atoms with Gasteiger partial charge in [0.1, 0.15) is 12.7 Å². The Labute approximate surface area is 82.6 Å². The van der Waals surface area contributed by atoms with Crippen LogP contribution in [0, 0.1) is 0 Å². The summed E-state index contributed by atoms with van der Waals surface area (Å²) in [7, 11) is 1.94. The van der Waals surface area contributed by atoms with Crippen molar-refractivity contribution in [1.29, 1.82) is 0 Å². The van der Waals surface area contributed by atoms with Crippen molar-refractivity contribution in [3.63, 3.8) is 0 Å². The molecular formula is C10H12N4. The lowest BCUT2D eigenvalue weighted by atomic mass is 10.2. The van der Waals surface area contributed by atoms with Gasteiger partial charge in [0, 0.05) is 12.2 Å². The molecule has 0 fully saturated rings. The van der Waals surface area contributed by atoms with Crippen LogP contribution in [0.1, 0.15) is 5.56 Å². The molecule has 0 saturated carbocycles. The zero-order valence-electron chi connectivity index (χ0n) is 8.01. The van der Waals surface area contributed by atoms with Gasteiger partial charge in [-0.3, -0.25) is 4.57 Å². The molecule has 0 amide bonds. The third kappa shape index (κ3) is 1.80. The van der Waals surface area contributed by atoms with Gasteiger partial charge in [0.15, 0.2) is 0 Å². The van der Waals surface area contributed by atoms with E-state index in [4.69, 9.17) is 0 Å². The molecule has 2 aromatic rings. The zero-order chi connectivity index (χ0) is 9.80. The lowest BCUT2D eigenvalue weighted by Crippen LogP contribution is -2.04. The van der Waals surface area contributed by atoms with Gasteiger partial charge in [-0.1, -0.05) is 12.1 Å². The normalized spacial score (nSPS) is 10.4. The summed E-state index contributed by atoms with van der Waals surface area (Å²) in [4.78, 5) is 0. The minimum Gasteiger partial charge on any atom is -0.316 e. The summed E-state index contributed by atoms with van der Waals surface area (Å²) in [5.74, 6) is 0. The fourth-order valence-electron chi connectivity index (χ4n) is 1.32. The Hall–Kier alpha value is -1.68. The van der Waals surface area contributed by atoms with Crippen LogP contribution in [0.15, 0.2) is 36.9 Å². The number of benzene rings is 1. The largest absolute Gasteiger partial charge is 0.316 e. The predicted molar refractivity (Wildman–Crippen MR) is 54.1 cm³/mol. The van der Waals surface area contributed by atoms with E-state index in [1.165, 1.54) is 5.56 Å². The summed E-state index contributed by atoms with van der Waals surface area (Å²) in [6.07, 6.45) is 3.38. The molecule has 1 aromatic heterocycles. The molecule has 0 atom stereocenters. The van der Waals surface area contributed by atoms with Gasteiger partial charge < -0.3 is 5.32 Å². The first kappa shape index (κ1) is 8.90. The summed E-state index contributed by atoms with van der Waals surface area (Å²) < 4.78 is 1.88. The molecule has 2 rings (SSSR count). The molecule has 0 radical (unpaired) electrons. The smallest absolute Gasteiger partial charge is 0.123 e. The van der Waals surface area contributed by atoms with Crippen LogP contribution >= 0.6 is 0 Å². The van der Waals surface area contributed by atoms with Crippen molar-refractivity contribution in [1.82, 2.24) is 20.1 Å². The second kappa shape index (κ2) is 4.02. The number of rotatable bonds is 3. The third-order valence-corrected chi connectivity index (χ3v) is 2.03. The van der Waals surface area contributed by atoms with Crippen LogP contribution in [0.2, 0.25) is 0 Å². The van der Waals surface area contributed by atoms with Crippen molar-refractivity contribution < 1.29 is 0 Å². The predicted octanol–water partition coefficient (Wildman–Crippen LogP) is 0.987. The first-order valence-electron chi connectivity index (χ1n) is 4.48. The molecule has 0 unspecified atom stereocenters. The minimum atomic E-state index is 0.891. The van der Waals surface area contributed by atoms with Crippen LogP contribution in [0.4, 0.5) is 0 Å². The van der Waals surface area contributed by atoms with E-state index in [2.05, 4.69) is 39.8 Å². The number of nitrogens with zero attached hydrogens (tertiary/aromatic N) is 3. The van der Waals surface area contributed by atoms with Gasteiger partial charge >= 0.3 is 0 Å². The molecule has 72 valence electrons. The van der Waals surface area contributed by atoms with Gasteiger partial charge in [-0.15, -0.1) is 10.2 Å². The molecule has 1 N–H and O–H groups in total. The van der Waals surface area contributed by atoms with E-state index >= 15 is 0 Å². The van der Waals surface area contributed by atoms with Crippen LogP contribution < -0.4 is 5.32 Å². The second-order valence-electron chi connectivity index (χ2n) is 3.07. The molecular weight excluding hydrogens is 176 g/mol. The molecule has 1 heterocycles. The topological polar surface area (TPSA) is 42.7 Å². The quantitative estimate of drug-likeness (QED) is 0.781. The second-order valence-corrected chi connectivity index (χ2v) is 3.07. The fourth-order valence-corrected chi connectivity index (χ4v) is 1.32. The van der Waals surface area contributed by atoms with Crippen molar-refractivity contribution >= 4 is 0 Å². The maximum atomic E-state index is 3.76. The highest BCUT2D eigenvalue weighted by Gasteiger charge is 1.95. The van der Waals surface area contributed by atoms with Gasteiger partial charge in [0.05, 0.1) is 0 Å². The number of aromatic nitrogens is 3. The fraction of sp³-hybridized carbons (Fsp3) is 0.200. The molecule has 4 heteroatoms. The molecule has 0 aliphatic carbocycles. The monoisotopic (exact) mass is 188 g/mol. The van der Waals surface area contributed by atoms with Crippen molar-refractivity contribution in [2.75, 3.05) is 7.05 Å². The van der Waals surface area contributed by atoms with Gasteiger partial charge in [-0.25, -0.2) is 0 Å². The molecule has 4 nitrogen and oxygen atoms in total. The first-order chi connectivity index (χ1) is 6.90. The van der Waals surface area contributed by atoms with Crippen LogP contribution in [-0.4, -0.2) is 21.8 Å². The lowest BCUT2D eigenvalue weighted by Gasteiger charge is -2.03. The number of nitrogens with one attached hydrogen (secondary N) is 1. The number of hydrogen-bond acceptors (Lipinski definition) is 3. The van der Waals surface area contributed by atoms with E-state index in [9.17, 15) is 0 Å². The van der Waals surface area contributed by atoms with Crippen LogP contribution in [0.3, 0.4) is 0 Å². The zero-order valence-corrected chi connectivity index (χ0v) is 8.01. The standard InChI is InChI=1S/C10H12N4/c1-11-6-9-2-4-10(5-3-9)14-7-12-13-8-14/h2-5,7-8,11H,6H2,1H3. The Morgan fingerprint density at radius 1 is 1.14 bits per heavy atom. The molecule has 14 heavy (non-hydrogen) atoms. The molecule has 0 aliphatic heterocycles. The van der Waals surface area contributed by atoms with Crippen molar-refractivity contribution in [3.8, 4) is 5.69 Å². The Morgan fingerprint density at radius 3 is 2.36 bits per heavy atom. The van der Waals surface area contributed by atoms with Crippen molar-refractivity contribution in [2.45, 2.75) is 6.54 Å².